The van der Waals surface area contributed by atoms with Gasteiger partial charge in [0.05, 0.1) is 11.1 Å². The van der Waals surface area contributed by atoms with Crippen LogP contribution in [0.5, 0.6) is 5.75 Å². The summed E-state index contributed by atoms with van der Waals surface area (Å²) in [6.07, 6.45) is 2.73. The van der Waals surface area contributed by atoms with E-state index in [0.29, 0.717) is 5.69 Å². The Labute approximate surface area is 201 Å². The second kappa shape index (κ2) is 11.5. The molecule has 9 nitrogen and oxygen atoms in total. The van der Waals surface area contributed by atoms with Gasteiger partial charge in [-0.25, -0.2) is 9.18 Å². The number of rotatable bonds is 5. The summed E-state index contributed by atoms with van der Waals surface area (Å²) in [5.74, 6) is -0.769. The minimum Gasteiger partial charge on any atom is -0.467 e. The van der Waals surface area contributed by atoms with Gasteiger partial charge in [-0.15, -0.1) is 0 Å². The Bertz CT molecular complexity index is 909. The molecule has 3 rings (SSSR count). The normalized spacial score (nSPS) is 17.7. The van der Waals surface area contributed by atoms with E-state index in [-0.39, 0.29) is 43.2 Å². The molecule has 11 heteroatoms. The van der Waals surface area contributed by atoms with Crippen molar-refractivity contribution in [3.8, 4) is 5.75 Å². The van der Waals surface area contributed by atoms with Crippen molar-refractivity contribution >= 4 is 25.9 Å². The fraction of sp³-hybridized carbons (Fsp3) is 0.652. The van der Waals surface area contributed by atoms with Crippen molar-refractivity contribution in [1.82, 2.24) is 4.90 Å². The molecule has 1 unspecified atom stereocenters. The Morgan fingerprint density at radius 3 is 2.29 bits per heavy atom. The van der Waals surface area contributed by atoms with Crippen LogP contribution in [0.3, 0.4) is 0 Å². The van der Waals surface area contributed by atoms with Crippen LogP contribution in [-0.2, 0) is 24.0 Å². The number of hydrogen-bond donors (Lipinski definition) is 1. The molecule has 0 aliphatic carbocycles. The first-order chi connectivity index (χ1) is 15.9. The van der Waals surface area contributed by atoms with Crippen molar-refractivity contribution in [2.24, 2.45) is 0 Å². The van der Waals surface area contributed by atoms with Gasteiger partial charge in [-0.1, -0.05) is 26.7 Å². The lowest BCUT2D eigenvalue weighted by Gasteiger charge is -2.38. The van der Waals surface area contributed by atoms with E-state index in [1.165, 1.54) is 28.7 Å². The van der Waals surface area contributed by atoms with Crippen LogP contribution < -0.4 is 9.64 Å². The number of fused-ring (bicyclic) bond motifs is 2. The van der Waals surface area contributed by atoms with E-state index in [2.05, 4.69) is 18.4 Å². The fourth-order valence-electron chi connectivity index (χ4n) is 3.94. The summed E-state index contributed by atoms with van der Waals surface area (Å²) in [6.45, 7) is 9.72. The first-order valence-corrected chi connectivity index (χ1v) is 12.7. The fourth-order valence-corrected chi connectivity index (χ4v) is 4.10. The van der Waals surface area contributed by atoms with E-state index in [9.17, 15) is 14.2 Å². The van der Waals surface area contributed by atoms with E-state index in [4.69, 9.17) is 14.4 Å². The largest absolute Gasteiger partial charge is 0.467 e. The summed E-state index contributed by atoms with van der Waals surface area (Å²) in [5, 5.41) is 0. The van der Waals surface area contributed by atoms with Crippen molar-refractivity contribution in [2.75, 3.05) is 31.8 Å². The third kappa shape index (κ3) is 6.49. The molecule has 0 aromatic heterocycles. The summed E-state index contributed by atoms with van der Waals surface area (Å²) in [6, 6.07) is 2.63. The van der Waals surface area contributed by atoms with Gasteiger partial charge in [0.2, 0.25) is 5.91 Å². The third-order valence-electron chi connectivity index (χ3n) is 5.77. The molecule has 1 aromatic rings. The average molecular weight is 503 g/mol. The molecule has 1 spiro atoms. The SMILES string of the molecule is CCCC.CN1C(=O)C2(CCN(C(=O)OC(C)(C)C)CC2)c2c(F)cc(OCO[PH](=O)O)cc21. The Morgan fingerprint density at radius 2 is 1.79 bits per heavy atom. The number of amides is 2. The number of halogens is 1. The van der Waals surface area contributed by atoms with Crippen LogP contribution in [0.4, 0.5) is 14.9 Å². The topological polar surface area (TPSA) is 106 Å². The van der Waals surface area contributed by atoms with E-state index in [1.807, 2.05) is 0 Å². The van der Waals surface area contributed by atoms with E-state index < -0.39 is 38.0 Å². The molecule has 1 aromatic carbocycles. The molecule has 192 valence electrons. The lowest BCUT2D eigenvalue weighted by molar-refractivity contribution is -0.124. The number of ether oxygens (including phenoxy) is 2. The maximum atomic E-state index is 15.1. The molecule has 2 heterocycles. The second-order valence-corrected chi connectivity index (χ2v) is 10.2. The van der Waals surface area contributed by atoms with E-state index in [0.717, 1.165) is 6.07 Å². The summed E-state index contributed by atoms with van der Waals surface area (Å²) in [7, 11) is -1.61. The molecule has 1 saturated heterocycles. The predicted molar refractivity (Wildman–Crippen MR) is 127 cm³/mol. The van der Waals surface area contributed by atoms with Crippen LogP contribution in [0.25, 0.3) is 0 Å². The molecule has 0 bridgehead atoms. The molecular weight excluding hydrogens is 466 g/mol. The zero-order valence-corrected chi connectivity index (χ0v) is 21.8. The van der Waals surface area contributed by atoms with Gasteiger partial charge in [0.25, 0.3) is 0 Å². The number of benzene rings is 1. The van der Waals surface area contributed by atoms with Crippen LogP contribution in [0.1, 0.15) is 65.9 Å². The van der Waals surface area contributed by atoms with Crippen molar-refractivity contribution in [1.29, 1.82) is 0 Å². The zero-order valence-electron chi connectivity index (χ0n) is 20.8. The second-order valence-electron chi connectivity index (χ2n) is 9.39. The third-order valence-corrected chi connectivity index (χ3v) is 6.14. The number of carbonyl (C=O) groups excluding carboxylic acids is 2. The zero-order chi connectivity index (χ0) is 25.7. The van der Waals surface area contributed by atoms with Gasteiger partial charge in [-0.3, -0.25) is 13.9 Å². The smallest absolute Gasteiger partial charge is 0.410 e. The van der Waals surface area contributed by atoms with E-state index in [1.54, 1.807) is 27.8 Å². The van der Waals surface area contributed by atoms with Crippen molar-refractivity contribution in [3.05, 3.63) is 23.5 Å². The van der Waals surface area contributed by atoms with Crippen molar-refractivity contribution < 1.29 is 37.4 Å². The van der Waals surface area contributed by atoms with Crippen LogP contribution in [0.2, 0.25) is 0 Å². The van der Waals surface area contributed by atoms with Gasteiger partial charge >= 0.3 is 14.3 Å². The maximum absolute atomic E-state index is 15.1. The first kappa shape index (κ1) is 28.1. The van der Waals surface area contributed by atoms with E-state index >= 15 is 4.39 Å². The summed E-state index contributed by atoms with van der Waals surface area (Å²) in [4.78, 5) is 37.0. The number of likely N-dealkylation sites (N-methyl/N-ethyl adjacent to an activating group) is 1. The Hall–Kier alpha value is -2.16. The molecule has 2 aliphatic heterocycles. The van der Waals surface area contributed by atoms with Gasteiger partial charge < -0.3 is 24.2 Å². The van der Waals surface area contributed by atoms with Crippen molar-refractivity contribution in [2.45, 2.75) is 71.3 Å². The molecule has 1 atom stereocenters. The number of carbonyl (C=O) groups is 2. The lowest BCUT2D eigenvalue weighted by atomic mass is 9.73. The quantitative estimate of drug-likeness (QED) is 0.463. The lowest BCUT2D eigenvalue weighted by Crippen LogP contribution is -2.50. The molecule has 34 heavy (non-hydrogen) atoms. The van der Waals surface area contributed by atoms with Crippen LogP contribution in [0, 0.1) is 5.82 Å². The minimum atomic E-state index is -3.17. The van der Waals surface area contributed by atoms with Crippen LogP contribution in [0.15, 0.2) is 12.1 Å². The maximum Gasteiger partial charge on any atom is 0.410 e. The molecule has 2 amide bonds. The minimum absolute atomic E-state index is 0.0809. The average Bonchev–Trinajstić information content (AvgIpc) is 2.95. The number of nitrogens with zero attached hydrogens (tertiary/aromatic N) is 2. The number of likely N-dealkylation sites (tertiary alicyclic amines) is 1. The van der Waals surface area contributed by atoms with Crippen molar-refractivity contribution in [3.63, 3.8) is 0 Å². The highest BCUT2D eigenvalue weighted by molar-refractivity contribution is 7.32. The number of unbranched alkanes of at least 4 members (excludes halogenated alkanes) is 1. The number of hydrogen-bond acceptors (Lipinski definition) is 6. The number of piperidine rings is 1. The Kier molecular flexibility index (Phi) is 9.51. The van der Waals surface area contributed by atoms with Gasteiger partial charge in [0.1, 0.15) is 17.2 Å². The Balaban J connectivity index is 0.000000945. The highest BCUT2D eigenvalue weighted by atomic mass is 31.1. The summed E-state index contributed by atoms with van der Waals surface area (Å²) < 4.78 is 40.7. The van der Waals surface area contributed by atoms with Gasteiger partial charge in [-0.2, -0.15) is 0 Å². The first-order valence-electron chi connectivity index (χ1n) is 11.4. The molecule has 1 N–H and O–H groups in total. The summed E-state index contributed by atoms with van der Waals surface area (Å²) >= 11 is 0. The molecular formula is C23H36FN2O7P. The molecule has 0 radical (unpaired) electrons. The van der Waals surface area contributed by atoms with Crippen LogP contribution >= 0.6 is 8.25 Å². The monoisotopic (exact) mass is 502 g/mol. The highest BCUT2D eigenvalue weighted by Crippen LogP contribution is 2.50. The summed E-state index contributed by atoms with van der Waals surface area (Å²) in [5.41, 5.74) is -1.03. The van der Waals surface area contributed by atoms with Gasteiger partial charge in [-0.05, 0) is 33.6 Å². The molecule has 1 fully saturated rings. The van der Waals surface area contributed by atoms with Gasteiger partial charge in [0, 0.05) is 37.8 Å². The van der Waals surface area contributed by atoms with Crippen LogP contribution in [-0.4, -0.2) is 54.3 Å². The Morgan fingerprint density at radius 1 is 1.21 bits per heavy atom. The molecule has 0 saturated carbocycles. The van der Waals surface area contributed by atoms with Gasteiger partial charge in [0.15, 0.2) is 6.79 Å². The predicted octanol–water partition coefficient (Wildman–Crippen LogP) is 4.61. The highest BCUT2D eigenvalue weighted by Gasteiger charge is 2.53. The number of anilines is 1. The molecule has 2 aliphatic rings. The standard InChI is InChI=1S/C19H26FN2O7P.C4H10/c1-18(2,3)29-17(24)22-7-5-19(6-8-22)15-13(20)9-12(27-11-28-30(25)26)10-14(15)21(4)16(19)23;1-3-4-2/h9-10,30H,5-8,11H2,1-4H3,(H,25,26);3-4H2,1-2H3.